The van der Waals surface area contributed by atoms with E-state index < -0.39 is 60.0 Å². The van der Waals surface area contributed by atoms with E-state index in [4.69, 9.17) is 31.5 Å². The molecule has 2 rings (SSSR count). The predicted octanol–water partition coefficient (Wildman–Crippen LogP) is -0.0385. The number of hydrogen-bond donors (Lipinski definition) is 8. The molecule has 0 saturated heterocycles. The first-order chi connectivity index (χ1) is 21.9. The normalized spacial score (nSPS) is 12.0. The van der Waals surface area contributed by atoms with Crippen molar-refractivity contribution in [1.29, 1.82) is 0 Å². The number of aryl methyl sites for hydroxylation is 1. The minimum absolute atomic E-state index is 0.0791. The van der Waals surface area contributed by atoms with Crippen molar-refractivity contribution in [2.75, 3.05) is 25.0 Å². The van der Waals surface area contributed by atoms with Crippen LogP contribution in [0.25, 0.3) is 11.0 Å². The van der Waals surface area contributed by atoms with E-state index in [9.17, 15) is 37.1 Å². The van der Waals surface area contributed by atoms with Gasteiger partial charge in [-0.3, -0.25) is 24.2 Å². The van der Waals surface area contributed by atoms with Crippen LogP contribution in [-0.4, -0.2) is 78.6 Å². The maximum atomic E-state index is 13.1. The molecule has 0 aliphatic carbocycles. The molecule has 4 amide bonds. The maximum Gasteiger partial charge on any atom is 0.490 e. The van der Waals surface area contributed by atoms with Crippen LogP contribution in [0.4, 0.5) is 18.9 Å². The molecular weight excluding hydrogens is 633 g/mol. The number of fused-ring (bicyclic) bond motifs is 1. The van der Waals surface area contributed by atoms with E-state index in [1.165, 1.54) is 19.1 Å². The number of aliphatic carboxylic acids is 1. The Balaban J connectivity index is 0.00000141. The lowest BCUT2D eigenvalue weighted by molar-refractivity contribution is -0.192. The Bertz CT molecular complexity index is 1490. The number of halogens is 3. The predicted molar refractivity (Wildman–Crippen MR) is 165 cm³/mol. The number of carboxylic acid groups (broad SMARTS) is 1. The number of carboxylic acids is 1. The highest BCUT2D eigenvalue weighted by atomic mass is 19.4. The number of hydrogen-bond acceptors (Lipinski definition) is 9. The van der Waals surface area contributed by atoms with Crippen LogP contribution in [-0.2, 0) is 24.0 Å². The smallest absolute Gasteiger partial charge is 0.475 e. The third-order valence-corrected chi connectivity index (χ3v) is 6.12. The van der Waals surface area contributed by atoms with Gasteiger partial charge in [0.25, 0.3) is 0 Å². The number of anilines is 1. The van der Waals surface area contributed by atoms with Crippen molar-refractivity contribution in [3.63, 3.8) is 0 Å². The summed E-state index contributed by atoms with van der Waals surface area (Å²) in [5.74, 6) is -4.89. The topological polar surface area (TPSA) is 274 Å². The molecule has 0 spiro atoms. The van der Waals surface area contributed by atoms with Gasteiger partial charge < -0.3 is 48.0 Å². The second kappa shape index (κ2) is 19.3. The standard InChI is InChI=1S/C26H38N8O6.C2HF3O2/c1-15-12-23(37)40-21-13-17(8-9-18(15)21)33-25(39)20(6-3-4-10-27)34-22(36)14-31-24(38)19(32-16(2)35)7-5-11-30-26(28)29;3-2(4,5)1(6)7/h8-9,12-13,19-20H,3-7,10-11,14,27H2,1-2H3,(H,31,38)(H,32,35)(H,33,39)(H,34,36)(H4,28,29,30);(H,6,7). The first-order valence-electron chi connectivity index (χ1n) is 14.2. The Morgan fingerprint density at radius 2 is 1.60 bits per heavy atom. The van der Waals surface area contributed by atoms with Crippen molar-refractivity contribution in [1.82, 2.24) is 16.0 Å². The highest BCUT2D eigenvalue weighted by Gasteiger charge is 2.38. The lowest BCUT2D eigenvalue weighted by atomic mass is 10.1. The van der Waals surface area contributed by atoms with Crippen LogP contribution < -0.4 is 44.1 Å². The molecule has 2 aromatic rings. The molecule has 1 aromatic carbocycles. The fraction of sp³-hybridized carbons (Fsp3) is 0.464. The first kappa shape index (κ1) is 39.8. The van der Waals surface area contributed by atoms with Crippen LogP contribution in [0.2, 0.25) is 0 Å². The first-order valence-corrected chi connectivity index (χ1v) is 14.2. The molecule has 0 saturated carbocycles. The van der Waals surface area contributed by atoms with Gasteiger partial charge >= 0.3 is 17.8 Å². The van der Waals surface area contributed by atoms with Gasteiger partial charge in [-0.05, 0) is 63.3 Å². The summed E-state index contributed by atoms with van der Waals surface area (Å²) < 4.78 is 37.0. The molecule has 2 atom stereocenters. The van der Waals surface area contributed by atoms with Crippen molar-refractivity contribution in [2.24, 2.45) is 22.2 Å². The van der Waals surface area contributed by atoms with Crippen LogP contribution in [0.5, 0.6) is 0 Å². The van der Waals surface area contributed by atoms with Gasteiger partial charge in [0.05, 0.1) is 6.54 Å². The number of aliphatic imine (C=N–C) groups is 1. The summed E-state index contributed by atoms with van der Waals surface area (Å²) in [5.41, 5.74) is 17.1. The van der Waals surface area contributed by atoms with E-state index in [0.717, 1.165) is 10.9 Å². The van der Waals surface area contributed by atoms with E-state index in [1.807, 2.05) is 0 Å². The summed E-state index contributed by atoms with van der Waals surface area (Å²) >= 11 is 0. The summed E-state index contributed by atoms with van der Waals surface area (Å²) in [6.45, 7) is 3.34. The average Bonchev–Trinajstić information content (AvgIpc) is 2.96. The Morgan fingerprint density at radius 1 is 0.979 bits per heavy atom. The summed E-state index contributed by atoms with van der Waals surface area (Å²) in [5, 5.41) is 18.3. The number of nitrogens with two attached hydrogens (primary N) is 3. The number of nitrogens with zero attached hydrogens (tertiary/aromatic N) is 1. The molecular formula is C28H39F3N8O8. The largest absolute Gasteiger partial charge is 0.490 e. The third-order valence-electron chi connectivity index (χ3n) is 6.12. The Kier molecular flexibility index (Phi) is 16.4. The molecule has 0 aliphatic rings. The molecule has 47 heavy (non-hydrogen) atoms. The molecule has 0 fully saturated rings. The number of amides is 4. The van der Waals surface area contributed by atoms with Crippen molar-refractivity contribution in [2.45, 2.75) is 64.2 Å². The zero-order valence-corrected chi connectivity index (χ0v) is 25.7. The van der Waals surface area contributed by atoms with Crippen LogP contribution in [0.15, 0.2) is 38.5 Å². The summed E-state index contributed by atoms with van der Waals surface area (Å²) in [4.78, 5) is 74.3. The van der Waals surface area contributed by atoms with Gasteiger partial charge in [0.1, 0.15) is 17.7 Å². The highest BCUT2D eigenvalue weighted by Crippen LogP contribution is 2.21. The number of alkyl halides is 3. The van der Waals surface area contributed by atoms with Crippen LogP contribution in [0.3, 0.4) is 0 Å². The van der Waals surface area contributed by atoms with Crippen molar-refractivity contribution in [3.8, 4) is 0 Å². The van der Waals surface area contributed by atoms with Crippen molar-refractivity contribution < 1.29 is 46.7 Å². The number of guanidine groups is 1. The molecule has 260 valence electrons. The summed E-state index contributed by atoms with van der Waals surface area (Å²) in [6, 6.07) is 4.51. The zero-order valence-electron chi connectivity index (χ0n) is 25.7. The quantitative estimate of drug-likeness (QED) is 0.0538. The molecule has 16 nitrogen and oxygen atoms in total. The number of benzene rings is 1. The summed E-state index contributed by atoms with van der Waals surface area (Å²) in [7, 11) is 0. The zero-order chi connectivity index (χ0) is 35.7. The Hall–Kier alpha value is -5.20. The van der Waals surface area contributed by atoms with Gasteiger partial charge in [0, 0.05) is 36.7 Å². The highest BCUT2D eigenvalue weighted by molar-refractivity contribution is 5.99. The Labute approximate surface area is 266 Å². The van der Waals surface area contributed by atoms with E-state index in [0.29, 0.717) is 43.5 Å². The molecule has 0 aliphatic heterocycles. The second-order valence-corrected chi connectivity index (χ2v) is 10.1. The molecule has 11 N–H and O–H groups in total. The molecule has 0 radical (unpaired) electrons. The van der Waals surface area contributed by atoms with Crippen molar-refractivity contribution >= 4 is 52.2 Å². The number of rotatable bonds is 15. The Morgan fingerprint density at radius 3 is 2.17 bits per heavy atom. The van der Waals surface area contributed by atoms with Gasteiger partial charge in [-0.2, -0.15) is 13.2 Å². The molecule has 1 heterocycles. The third kappa shape index (κ3) is 15.6. The number of carbonyl (C=O) groups excluding carboxylic acids is 4. The fourth-order valence-corrected chi connectivity index (χ4v) is 3.95. The van der Waals surface area contributed by atoms with E-state index in [1.54, 1.807) is 19.1 Å². The second-order valence-electron chi connectivity index (χ2n) is 10.1. The average molecular weight is 673 g/mol. The number of unbranched alkanes of at least 4 members (excludes halogenated alkanes) is 1. The molecule has 2 unspecified atom stereocenters. The number of carbonyl (C=O) groups is 5. The van der Waals surface area contributed by atoms with E-state index >= 15 is 0 Å². The van der Waals surface area contributed by atoms with E-state index in [2.05, 4.69) is 26.3 Å². The number of nitrogens with one attached hydrogen (secondary N) is 4. The minimum atomic E-state index is -5.08. The van der Waals surface area contributed by atoms with Crippen LogP contribution >= 0.6 is 0 Å². The molecule has 0 bridgehead atoms. The van der Waals surface area contributed by atoms with Gasteiger partial charge in [0.15, 0.2) is 5.96 Å². The van der Waals surface area contributed by atoms with Crippen molar-refractivity contribution in [3.05, 3.63) is 40.2 Å². The fourth-order valence-electron chi connectivity index (χ4n) is 3.95. The van der Waals surface area contributed by atoms with E-state index in [-0.39, 0.29) is 18.9 Å². The molecule has 1 aromatic heterocycles. The van der Waals surface area contributed by atoms with Crippen LogP contribution in [0, 0.1) is 6.92 Å². The van der Waals surface area contributed by atoms with Gasteiger partial charge in [-0.15, -0.1) is 0 Å². The summed E-state index contributed by atoms with van der Waals surface area (Å²) in [6.07, 6.45) is -2.88. The SMILES string of the molecule is CC(=O)NC(CCCN=C(N)N)C(=O)NCC(=O)NC(CCCCN)C(=O)Nc1ccc2c(C)cc(=O)oc2c1.O=C(O)C(F)(F)F. The lowest BCUT2D eigenvalue weighted by Crippen LogP contribution is -2.51. The van der Waals surface area contributed by atoms with Gasteiger partial charge in [-0.1, -0.05) is 0 Å². The lowest BCUT2D eigenvalue weighted by Gasteiger charge is -2.20. The maximum absolute atomic E-state index is 13.1. The van der Waals surface area contributed by atoms with Crippen LogP contribution in [0.1, 0.15) is 44.6 Å². The molecule has 19 heteroatoms. The minimum Gasteiger partial charge on any atom is -0.475 e. The monoisotopic (exact) mass is 672 g/mol. The van der Waals surface area contributed by atoms with Gasteiger partial charge in [0.2, 0.25) is 23.6 Å². The van der Waals surface area contributed by atoms with Gasteiger partial charge in [-0.25, -0.2) is 9.59 Å².